The summed E-state index contributed by atoms with van der Waals surface area (Å²) in [6, 6.07) is 112. The molecule has 1 aromatic heterocycles. The van der Waals surface area contributed by atoms with Gasteiger partial charge in [0.1, 0.15) is 0 Å². The predicted molar refractivity (Wildman–Crippen MR) is 366 cm³/mol. The van der Waals surface area contributed by atoms with Crippen molar-refractivity contribution >= 4 is 73.3 Å². The summed E-state index contributed by atoms with van der Waals surface area (Å²) in [6.45, 7) is 8.93. The molecule has 88 heavy (non-hydrogen) atoms. The van der Waals surface area contributed by atoms with Crippen LogP contribution in [0.1, 0.15) is 16.7 Å². The minimum atomic E-state index is -0.214. The first-order chi connectivity index (χ1) is 43.6. The molecule has 410 valence electrons. The van der Waals surface area contributed by atoms with Gasteiger partial charge in [0.2, 0.25) is 0 Å². The van der Waals surface area contributed by atoms with Gasteiger partial charge in [0, 0.05) is 46.6 Å². The average Bonchev–Trinajstić information content (AvgIpc) is 0.927. The van der Waals surface area contributed by atoms with Gasteiger partial charge in [0.25, 0.3) is 6.71 Å². The zero-order valence-corrected chi connectivity index (χ0v) is 48.1. The van der Waals surface area contributed by atoms with E-state index in [1.54, 1.807) is 0 Å². The van der Waals surface area contributed by atoms with Crippen LogP contribution in [-0.2, 0) is 13.1 Å². The third-order valence-corrected chi connectivity index (χ3v) is 18.1. The summed E-state index contributed by atoms with van der Waals surface area (Å²) in [5.41, 5.74) is 28.3. The van der Waals surface area contributed by atoms with Gasteiger partial charge >= 0.3 is 0 Å². The highest BCUT2D eigenvalue weighted by Gasteiger charge is 2.44. The van der Waals surface area contributed by atoms with Crippen LogP contribution < -0.4 is 26.2 Å². The van der Waals surface area contributed by atoms with E-state index >= 15 is 0 Å². The van der Waals surface area contributed by atoms with Gasteiger partial charge in [-0.3, -0.25) is 0 Å². The van der Waals surface area contributed by atoms with Crippen LogP contribution in [0.4, 0.5) is 28.4 Å². The van der Waals surface area contributed by atoms with Crippen LogP contribution in [0.25, 0.3) is 99.1 Å². The quantitative estimate of drug-likeness (QED) is 0.0957. The SMILES string of the molecule is [C-]#[N+]c1cccc(-c2ccc3c(c2)N(Cc2c(-c4ccccc4)cccc2-c2ccccc2)c2cc(-n4c5ccccc5c5ccccc54)cc4c2B3c2ccc(-c3cccc(C#N)c3)cc2N4Cc2c(-c3ccccc3)cccc2-c2ccccc2)c1. The molecule has 5 nitrogen and oxygen atoms in total. The second-order valence-corrected chi connectivity index (χ2v) is 22.9. The summed E-state index contributed by atoms with van der Waals surface area (Å²) >= 11 is 0. The van der Waals surface area contributed by atoms with Crippen molar-refractivity contribution in [3.63, 3.8) is 0 Å². The maximum absolute atomic E-state index is 10.3. The lowest BCUT2D eigenvalue weighted by Crippen LogP contribution is -2.62. The van der Waals surface area contributed by atoms with Gasteiger partial charge in [-0.05, 0) is 149 Å². The van der Waals surface area contributed by atoms with Crippen LogP contribution >= 0.6 is 0 Å². The highest BCUT2D eigenvalue weighted by molar-refractivity contribution is 7.00. The standard InChI is InChI=1S/C82H54BN5/c1-85-64-33-19-32-61(47-64)63-43-45-75-79(49-63)87(54-73-68(58-27-10-4-11-28-58)38-21-39-69(73)59-29-12-5-13-30-59)81-51-65(88-76-40-16-14-34-70(76)71-35-15-17-41-77(71)88)50-80-82(81)83(75)74-44-42-62(60-31-18-22-55(46-60)52-84)48-78(74)86(80)53-72-66(56-23-6-2-7-24-56)36-20-37-67(72)57-25-8-3-9-26-57/h2-51H,53-54H2. The highest BCUT2D eigenvalue weighted by Crippen LogP contribution is 2.47. The third kappa shape index (κ3) is 8.86. The van der Waals surface area contributed by atoms with E-state index in [1.165, 1.54) is 60.5 Å². The molecule has 0 amide bonds. The lowest BCUT2D eigenvalue weighted by atomic mass is 9.33. The molecule has 0 unspecified atom stereocenters. The molecule has 0 saturated heterocycles. The van der Waals surface area contributed by atoms with Crippen LogP contribution in [0.5, 0.6) is 0 Å². The Kier molecular flexibility index (Phi) is 12.8. The van der Waals surface area contributed by atoms with Gasteiger partial charge in [0.15, 0.2) is 5.69 Å². The second kappa shape index (κ2) is 21.7. The van der Waals surface area contributed by atoms with E-state index < -0.39 is 0 Å². The number of fused-ring (bicyclic) bond motifs is 7. The summed E-state index contributed by atoms with van der Waals surface area (Å²) in [6.07, 6.45) is 0. The fourth-order valence-electron chi connectivity index (χ4n) is 14.1. The summed E-state index contributed by atoms with van der Waals surface area (Å²) in [5, 5.41) is 12.7. The van der Waals surface area contributed by atoms with Crippen molar-refractivity contribution in [3.8, 4) is 78.5 Å². The molecule has 0 N–H and O–H groups in total. The Morgan fingerprint density at radius 3 is 1.18 bits per heavy atom. The second-order valence-electron chi connectivity index (χ2n) is 22.9. The van der Waals surface area contributed by atoms with Crippen LogP contribution in [0.3, 0.4) is 0 Å². The van der Waals surface area contributed by atoms with Crippen molar-refractivity contribution in [2.24, 2.45) is 0 Å². The van der Waals surface area contributed by atoms with Crippen molar-refractivity contribution in [2.75, 3.05) is 9.80 Å². The van der Waals surface area contributed by atoms with Crippen molar-refractivity contribution in [3.05, 3.63) is 331 Å². The van der Waals surface area contributed by atoms with Gasteiger partial charge in [-0.15, -0.1) is 0 Å². The molecular weight excluding hydrogens is 1070 g/mol. The maximum atomic E-state index is 10.3. The minimum absolute atomic E-state index is 0.214. The van der Waals surface area contributed by atoms with E-state index in [0.29, 0.717) is 24.3 Å². The first-order valence-electron chi connectivity index (χ1n) is 30.0. The van der Waals surface area contributed by atoms with Crippen molar-refractivity contribution < 1.29 is 0 Å². The number of nitriles is 1. The maximum Gasteiger partial charge on any atom is 0.252 e. The molecule has 14 aromatic rings. The molecule has 0 spiro atoms. The fourth-order valence-corrected chi connectivity index (χ4v) is 14.1. The molecular formula is C82H54BN5. The molecule has 13 aromatic carbocycles. The Morgan fingerprint density at radius 2 is 0.739 bits per heavy atom. The Hall–Kier alpha value is -11.7. The van der Waals surface area contributed by atoms with Crippen LogP contribution in [0.2, 0.25) is 0 Å². The number of aromatic nitrogens is 1. The number of benzene rings is 13. The van der Waals surface area contributed by atoms with Crippen LogP contribution in [0.15, 0.2) is 303 Å². The monoisotopic (exact) mass is 1120 g/mol. The summed E-state index contributed by atoms with van der Waals surface area (Å²) in [5.74, 6) is 0. The number of anilines is 4. The topological polar surface area (TPSA) is 39.6 Å². The molecule has 3 heterocycles. The van der Waals surface area contributed by atoms with Gasteiger partial charge in [-0.25, -0.2) is 4.85 Å². The Balaban J connectivity index is 1.04. The first-order valence-corrected chi connectivity index (χ1v) is 30.0. The van der Waals surface area contributed by atoms with Gasteiger partial charge < -0.3 is 14.4 Å². The Morgan fingerprint density at radius 1 is 0.352 bits per heavy atom. The number of nitrogens with zero attached hydrogens (tertiary/aromatic N) is 5. The summed E-state index contributed by atoms with van der Waals surface area (Å²) < 4.78 is 2.48. The van der Waals surface area contributed by atoms with Crippen molar-refractivity contribution in [2.45, 2.75) is 13.1 Å². The largest absolute Gasteiger partial charge is 0.338 e. The zero-order chi connectivity index (χ0) is 58.7. The number of hydrogen-bond donors (Lipinski definition) is 0. The predicted octanol–water partition coefficient (Wildman–Crippen LogP) is 19.0. The van der Waals surface area contributed by atoms with Crippen molar-refractivity contribution in [1.29, 1.82) is 5.26 Å². The van der Waals surface area contributed by atoms with E-state index in [1.807, 2.05) is 36.4 Å². The molecule has 2 aliphatic heterocycles. The Bertz CT molecular complexity index is 4700. The summed E-state index contributed by atoms with van der Waals surface area (Å²) in [7, 11) is 0. The molecule has 0 atom stereocenters. The van der Waals surface area contributed by atoms with E-state index in [2.05, 4.69) is 292 Å². The van der Waals surface area contributed by atoms with E-state index in [4.69, 9.17) is 6.57 Å². The van der Waals surface area contributed by atoms with Crippen molar-refractivity contribution in [1.82, 2.24) is 4.57 Å². The fraction of sp³-hybridized carbons (Fsp3) is 0.0244. The molecule has 6 heteroatoms. The first kappa shape index (κ1) is 51.9. The van der Waals surface area contributed by atoms with Gasteiger partial charge in [0.05, 0.1) is 34.9 Å². The lowest BCUT2D eigenvalue weighted by Gasteiger charge is -2.45. The minimum Gasteiger partial charge on any atom is -0.338 e. The third-order valence-electron chi connectivity index (χ3n) is 18.1. The molecule has 0 radical (unpaired) electrons. The molecule has 0 fully saturated rings. The molecule has 0 aliphatic carbocycles. The van der Waals surface area contributed by atoms with E-state index in [-0.39, 0.29) is 6.71 Å². The van der Waals surface area contributed by atoms with Crippen LogP contribution in [0, 0.1) is 17.9 Å². The van der Waals surface area contributed by atoms with Crippen LogP contribution in [-0.4, -0.2) is 11.3 Å². The summed E-state index contributed by atoms with van der Waals surface area (Å²) in [4.78, 5) is 9.15. The smallest absolute Gasteiger partial charge is 0.252 e. The highest BCUT2D eigenvalue weighted by atomic mass is 15.2. The molecule has 0 saturated carbocycles. The number of para-hydroxylation sites is 2. The number of hydrogen-bond acceptors (Lipinski definition) is 3. The van der Waals surface area contributed by atoms with Gasteiger partial charge in [-0.2, -0.15) is 5.26 Å². The van der Waals surface area contributed by atoms with E-state index in [9.17, 15) is 5.26 Å². The number of rotatable bonds is 11. The van der Waals surface area contributed by atoms with E-state index in [0.717, 1.165) is 84.0 Å². The zero-order valence-electron chi connectivity index (χ0n) is 48.1. The Labute approximate surface area is 513 Å². The normalized spacial score (nSPS) is 12.1. The molecule has 0 bridgehead atoms. The average molecular weight is 1120 g/mol. The lowest BCUT2D eigenvalue weighted by molar-refractivity contribution is 0.961. The molecule has 2 aliphatic rings. The van der Waals surface area contributed by atoms with Gasteiger partial charge in [-0.1, -0.05) is 249 Å². The molecule has 16 rings (SSSR count).